The van der Waals surface area contributed by atoms with Crippen LogP contribution in [0.2, 0.25) is 0 Å². The van der Waals surface area contributed by atoms with Crippen LogP contribution in [0.5, 0.6) is 0 Å². The Bertz CT molecular complexity index is 1470. The van der Waals surface area contributed by atoms with Crippen LogP contribution in [0.3, 0.4) is 0 Å². The van der Waals surface area contributed by atoms with E-state index >= 15 is 0 Å². The molecule has 2 aliphatic heterocycles. The molecule has 12 heteroatoms. The molecule has 0 amide bonds. The third kappa shape index (κ3) is 7.11. The van der Waals surface area contributed by atoms with Crippen molar-refractivity contribution in [3.8, 4) is 17.3 Å². The number of aliphatic hydroxyl groups excluding tert-OH is 1. The molecule has 2 aromatic heterocycles. The Kier molecular flexibility index (Phi) is 8.94. The summed E-state index contributed by atoms with van der Waals surface area (Å²) in [6.07, 6.45) is 2.40. The lowest BCUT2D eigenvalue weighted by molar-refractivity contribution is -0.148. The summed E-state index contributed by atoms with van der Waals surface area (Å²) < 4.78 is 40.5. The summed E-state index contributed by atoms with van der Waals surface area (Å²) in [6.45, 7) is 7.46. The maximum absolute atomic E-state index is 12.8. The third-order valence-electron chi connectivity index (χ3n) is 8.56. The first-order valence-electron chi connectivity index (χ1n) is 14.9. The predicted octanol–water partition coefficient (Wildman–Crippen LogP) is 5.49. The van der Waals surface area contributed by atoms with E-state index < -0.39 is 18.1 Å². The largest absolute Gasteiger partial charge is 0.401 e. The van der Waals surface area contributed by atoms with Crippen molar-refractivity contribution in [2.24, 2.45) is 11.8 Å². The summed E-state index contributed by atoms with van der Waals surface area (Å²) in [5.74, 6) is 1.13. The molecule has 9 nitrogen and oxygen atoms in total. The number of nitriles is 1. The van der Waals surface area contributed by atoms with Gasteiger partial charge in [0.25, 0.3) is 0 Å². The zero-order valence-corrected chi connectivity index (χ0v) is 24.9. The number of halogens is 3. The molecular formula is C31H39F3N8O. The van der Waals surface area contributed by atoms with E-state index in [2.05, 4.69) is 40.6 Å². The lowest BCUT2D eigenvalue weighted by atomic mass is 9.83. The molecule has 0 bridgehead atoms. The van der Waals surface area contributed by atoms with Gasteiger partial charge in [-0.2, -0.15) is 23.5 Å². The van der Waals surface area contributed by atoms with Gasteiger partial charge in [-0.1, -0.05) is 20.8 Å². The maximum atomic E-state index is 12.8. The van der Waals surface area contributed by atoms with Crippen LogP contribution in [0.25, 0.3) is 11.3 Å². The smallest absolute Gasteiger partial charge is 0.395 e. The molecule has 43 heavy (non-hydrogen) atoms. The van der Waals surface area contributed by atoms with E-state index in [1.165, 1.54) is 4.90 Å². The zero-order chi connectivity index (χ0) is 30.8. The van der Waals surface area contributed by atoms with Gasteiger partial charge in [-0.25, -0.2) is 9.97 Å². The monoisotopic (exact) mass is 596 g/mol. The second-order valence-corrected chi connectivity index (χ2v) is 12.5. The first-order chi connectivity index (χ1) is 20.5. The first-order valence-corrected chi connectivity index (χ1v) is 14.9. The van der Waals surface area contributed by atoms with Crippen molar-refractivity contribution in [3.05, 3.63) is 47.4 Å². The molecule has 5 rings (SSSR count). The average Bonchev–Trinajstić information content (AvgIpc) is 3.51. The van der Waals surface area contributed by atoms with Gasteiger partial charge in [0.05, 0.1) is 47.7 Å². The Labute approximate surface area is 250 Å². The van der Waals surface area contributed by atoms with Crippen molar-refractivity contribution in [3.63, 3.8) is 0 Å². The summed E-state index contributed by atoms with van der Waals surface area (Å²) >= 11 is 0. The van der Waals surface area contributed by atoms with Crippen LogP contribution in [-0.2, 0) is 18.4 Å². The molecule has 0 aliphatic carbocycles. The molecule has 1 aromatic carbocycles. The molecule has 230 valence electrons. The van der Waals surface area contributed by atoms with E-state index in [4.69, 9.17) is 4.98 Å². The van der Waals surface area contributed by atoms with Crippen LogP contribution in [0.15, 0.2) is 30.6 Å². The van der Waals surface area contributed by atoms with Crippen molar-refractivity contribution in [2.45, 2.75) is 64.6 Å². The van der Waals surface area contributed by atoms with Gasteiger partial charge in [-0.05, 0) is 74.4 Å². The topological polar surface area (TPSA) is 115 Å². The fourth-order valence-corrected chi connectivity index (χ4v) is 5.95. The van der Waals surface area contributed by atoms with Gasteiger partial charge in [0.1, 0.15) is 6.07 Å². The number of alkyl halides is 3. The second-order valence-electron chi connectivity index (χ2n) is 12.5. The second kappa shape index (κ2) is 12.5. The molecule has 0 radical (unpaired) electrons. The fourth-order valence-electron chi connectivity index (χ4n) is 5.95. The van der Waals surface area contributed by atoms with Gasteiger partial charge in [0.15, 0.2) is 0 Å². The lowest BCUT2D eigenvalue weighted by Crippen LogP contribution is -2.40. The Morgan fingerprint density at radius 1 is 1.26 bits per heavy atom. The van der Waals surface area contributed by atoms with Crippen LogP contribution >= 0.6 is 0 Å². The number of likely N-dealkylation sites (tertiary alicyclic amines) is 1. The average molecular weight is 597 g/mol. The number of anilines is 3. The van der Waals surface area contributed by atoms with Crippen LogP contribution < -0.4 is 10.6 Å². The number of rotatable bonds is 10. The zero-order valence-electron chi connectivity index (χ0n) is 24.9. The summed E-state index contributed by atoms with van der Waals surface area (Å²) in [6, 6.07) is 7.83. The summed E-state index contributed by atoms with van der Waals surface area (Å²) in [4.78, 5) is 10.7. The molecule has 1 atom stereocenters. The van der Waals surface area contributed by atoms with Gasteiger partial charge in [-0.15, -0.1) is 0 Å². The van der Waals surface area contributed by atoms with Crippen LogP contribution in [0, 0.1) is 23.2 Å². The molecule has 3 N–H and O–H groups in total. The van der Waals surface area contributed by atoms with E-state index in [9.17, 15) is 23.5 Å². The van der Waals surface area contributed by atoms with Crippen molar-refractivity contribution >= 4 is 17.3 Å². The minimum Gasteiger partial charge on any atom is -0.395 e. The van der Waals surface area contributed by atoms with E-state index in [1.54, 1.807) is 24.5 Å². The SMILES string of the molecule is CC(C)CCc1c(Nc2nccc(-c3cc(C#N)c4c(c3)C(C)(CO)CN4)n2)cnn1CC1CCN(CC(F)(F)F)CC1. The predicted molar refractivity (Wildman–Crippen MR) is 159 cm³/mol. The van der Waals surface area contributed by atoms with Gasteiger partial charge in [-0.3, -0.25) is 9.58 Å². The molecule has 1 fully saturated rings. The van der Waals surface area contributed by atoms with E-state index in [0.29, 0.717) is 62.1 Å². The fraction of sp³-hybridized carbons (Fsp3) is 0.548. The van der Waals surface area contributed by atoms with Crippen LogP contribution in [0.4, 0.5) is 30.5 Å². The molecule has 2 aliphatic rings. The minimum atomic E-state index is -4.17. The van der Waals surface area contributed by atoms with E-state index in [0.717, 1.165) is 41.0 Å². The van der Waals surface area contributed by atoms with Crippen LogP contribution in [0.1, 0.15) is 56.9 Å². The van der Waals surface area contributed by atoms with Gasteiger partial charge in [0.2, 0.25) is 5.95 Å². The highest BCUT2D eigenvalue weighted by Gasteiger charge is 2.36. The molecule has 1 unspecified atom stereocenters. The van der Waals surface area contributed by atoms with Gasteiger partial charge < -0.3 is 15.7 Å². The van der Waals surface area contributed by atoms with Crippen molar-refractivity contribution in [2.75, 3.05) is 43.4 Å². The standard InChI is InChI=1S/C31H39F3N8O/c1-20(2)4-5-27-26(15-38-42(27)16-21-7-10-41(11-8-21)18-31(32,33)34)40-29-36-9-6-25(39-29)22-12-23(14-35)28-24(13-22)30(3,19-43)17-37-28/h6,9,12-13,15,20-21,37,43H,4-5,7-8,10-11,16-19H2,1-3H3,(H,36,39,40). The molecular weight excluding hydrogens is 557 g/mol. The maximum Gasteiger partial charge on any atom is 0.401 e. The van der Waals surface area contributed by atoms with Crippen molar-refractivity contribution < 1.29 is 18.3 Å². The third-order valence-corrected chi connectivity index (χ3v) is 8.56. The molecule has 3 aromatic rings. The lowest BCUT2D eigenvalue weighted by Gasteiger charge is -2.32. The minimum absolute atomic E-state index is 0.0479. The highest BCUT2D eigenvalue weighted by Crippen LogP contribution is 2.41. The molecule has 0 saturated carbocycles. The van der Waals surface area contributed by atoms with Gasteiger partial charge in [0, 0.05) is 30.3 Å². The normalized spacial score (nSPS) is 19.3. The molecule has 1 saturated heterocycles. The Hall–Kier alpha value is -3.69. The number of aromatic nitrogens is 4. The number of benzene rings is 1. The van der Waals surface area contributed by atoms with E-state index in [1.807, 2.05) is 17.7 Å². The number of aliphatic hydroxyl groups is 1. The number of piperidine rings is 1. The quantitative estimate of drug-likeness (QED) is 0.281. The molecule has 0 spiro atoms. The summed E-state index contributed by atoms with van der Waals surface area (Å²) in [7, 11) is 0. The molecule has 4 heterocycles. The number of hydrogen-bond acceptors (Lipinski definition) is 8. The summed E-state index contributed by atoms with van der Waals surface area (Å²) in [5, 5.41) is 31.2. The Morgan fingerprint density at radius 3 is 2.70 bits per heavy atom. The van der Waals surface area contributed by atoms with Crippen molar-refractivity contribution in [1.82, 2.24) is 24.6 Å². The number of nitrogens with zero attached hydrogens (tertiary/aromatic N) is 6. The van der Waals surface area contributed by atoms with Gasteiger partial charge >= 0.3 is 6.18 Å². The van der Waals surface area contributed by atoms with Crippen LogP contribution in [-0.4, -0.2) is 68.7 Å². The highest BCUT2D eigenvalue weighted by molar-refractivity contribution is 5.76. The number of hydrogen-bond donors (Lipinski definition) is 3. The number of fused-ring (bicyclic) bond motifs is 1. The first kappa shape index (κ1) is 30.8. The van der Waals surface area contributed by atoms with Crippen molar-refractivity contribution in [1.29, 1.82) is 5.26 Å². The Morgan fingerprint density at radius 2 is 2.02 bits per heavy atom. The highest BCUT2D eigenvalue weighted by atomic mass is 19.4. The van der Waals surface area contributed by atoms with E-state index in [-0.39, 0.29) is 12.5 Å². The Balaban J connectivity index is 1.36. The number of nitrogens with one attached hydrogen (secondary N) is 2. The summed E-state index contributed by atoms with van der Waals surface area (Å²) in [5.41, 5.74) is 4.87.